The molecular weight excluding hydrogens is 404 g/mol. The second kappa shape index (κ2) is 10.0. The molecule has 7 heteroatoms. The Kier molecular flexibility index (Phi) is 7.20. The summed E-state index contributed by atoms with van der Waals surface area (Å²) in [7, 11) is 0. The Morgan fingerprint density at radius 3 is 2.22 bits per heavy atom. The highest BCUT2D eigenvalue weighted by Crippen LogP contribution is 2.20. The van der Waals surface area contributed by atoms with Crippen molar-refractivity contribution in [2.45, 2.75) is 39.8 Å². The molecule has 0 unspecified atom stereocenters. The van der Waals surface area contributed by atoms with Crippen molar-refractivity contribution in [3.05, 3.63) is 78.1 Å². The highest BCUT2D eigenvalue weighted by Gasteiger charge is 2.22. The number of benzene rings is 2. The molecule has 1 N–H and O–H groups in total. The van der Waals surface area contributed by atoms with Crippen LogP contribution in [0.4, 0.5) is 10.5 Å². The number of carbonyl (C=O) groups excluding carboxylic acids is 2. The molecule has 0 aliphatic carbocycles. The Balaban J connectivity index is 1.73. The van der Waals surface area contributed by atoms with Gasteiger partial charge in [0.2, 0.25) is 0 Å². The Hall–Kier alpha value is -3.74. The van der Waals surface area contributed by atoms with Crippen LogP contribution < -0.4 is 5.32 Å². The van der Waals surface area contributed by atoms with Gasteiger partial charge in [0, 0.05) is 30.2 Å². The molecule has 2 amide bonds. The molecular formula is C25H28N4O3. The molecule has 7 nitrogen and oxygen atoms in total. The molecule has 0 fully saturated rings. The second-order valence-electron chi connectivity index (χ2n) is 8.27. The average molecular weight is 433 g/mol. The van der Waals surface area contributed by atoms with Crippen LogP contribution in [0.2, 0.25) is 0 Å². The second-order valence-corrected chi connectivity index (χ2v) is 8.27. The molecule has 0 saturated heterocycles. The summed E-state index contributed by atoms with van der Waals surface area (Å²) in [6.45, 7) is 8.17. The van der Waals surface area contributed by atoms with Crippen LogP contribution in [0.15, 0.2) is 67.0 Å². The van der Waals surface area contributed by atoms with E-state index in [2.05, 4.69) is 15.3 Å². The fourth-order valence-electron chi connectivity index (χ4n) is 2.99. The highest BCUT2D eigenvalue weighted by atomic mass is 16.6. The van der Waals surface area contributed by atoms with Gasteiger partial charge in [-0.2, -0.15) is 0 Å². The standard InChI is InChI=1S/C25H28N4O3/c1-5-29(24(31)32-25(2,3)4)17-19-13-9-10-14-21(19)28-23(30)20-15-26-22(27-16-20)18-11-7-6-8-12-18/h6-16H,5,17H2,1-4H3,(H,28,30). The fraction of sp³-hybridized carbons (Fsp3) is 0.280. The summed E-state index contributed by atoms with van der Waals surface area (Å²) >= 11 is 0. The Morgan fingerprint density at radius 1 is 0.969 bits per heavy atom. The topological polar surface area (TPSA) is 84.4 Å². The van der Waals surface area contributed by atoms with Gasteiger partial charge in [-0.15, -0.1) is 0 Å². The molecule has 3 aromatic rings. The first kappa shape index (κ1) is 22.9. The van der Waals surface area contributed by atoms with Crippen LogP contribution in [-0.4, -0.2) is 39.0 Å². The maximum Gasteiger partial charge on any atom is 0.410 e. The van der Waals surface area contributed by atoms with E-state index in [0.29, 0.717) is 30.2 Å². The van der Waals surface area contributed by atoms with Crippen LogP contribution in [0.3, 0.4) is 0 Å². The van der Waals surface area contributed by atoms with E-state index >= 15 is 0 Å². The number of amides is 2. The van der Waals surface area contributed by atoms with Crippen LogP contribution in [0.1, 0.15) is 43.6 Å². The third-order valence-corrected chi connectivity index (χ3v) is 4.61. The van der Waals surface area contributed by atoms with Gasteiger partial charge in [-0.3, -0.25) is 4.79 Å². The number of rotatable bonds is 6. The van der Waals surface area contributed by atoms with Crippen LogP contribution in [0.25, 0.3) is 11.4 Å². The molecule has 2 aromatic carbocycles. The maximum atomic E-state index is 12.8. The average Bonchev–Trinajstić information content (AvgIpc) is 2.78. The zero-order chi connectivity index (χ0) is 23.1. The van der Waals surface area contributed by atoms with Crippen molar-refractivity contribution < 1.29 is 14.3 Å². The lowest BCUT2D eigenvalue weighted by Gasteiger charge is -2.27. The summed E-state index contributed by atoms with van der Waals surface area (Å²) in [5, 5.41) is 2.90. The molecule has 0 spiro atoms. The van der Waals surface area contributed by atoms with E-state index in [1.165, 1.54) is 12.4 Å². The van der Waals surface area contributed by atoms with E-state index in [1.807, 2.05) is 76.2 Å². The van der Waals surface area contributed by atoms with Crippen LogP contribution in [-0.2, 0) is 11.3 Å². The lowest BCUT2D eigenvalue weighted by Crippen LogP contribution is -2.36. The largest absolute Gasteiger partial charge is 0.444 e. The third-order valence-electron chi connectivity index (χ3n) is 4.61. The normalized spacial score (nSPS) is 11.0. The lowest BCUT2D eigenvalue weighted by molar-refractivity contribution is 0.0245. The van der Waals surface area contributed by atoms with Crippen molar-refractivity contribution in [3.8, 4) is 11.4 Å². The first-order chi connectivity index (χ1) is 15.3. The summed E-state index contributed by atoms with van der Waals surface area (Å²) < 4.78 is 5.48. The zero-order valence-electron chi connectivity index (χ0n) is 18.8. The Bertz CT molecular complexity index is 1060. The zero-order valence-corrected chi connectivity index (χ0v) is 18.8. The number of hydrogen-bond donors (Lipinski definition) is 1. The summed E-state index contributed by atoms with van der Waals surface area (Å²) in [5.41, 5.74) is 2.07. The van der Waals surface area contributed by atoms with Crippen molar-refractivity contribution in [3.63, 3.8) is 0 Å². The van der Waals surface area contributed by atoms with Gasteiger partial charge in [-0.05, 0) is 39.3 Å². The van der Waals surface area contributed by atoms with Gasteiger partial charge in [0.25, 0.3) is 5.91 Å². The van der Waals surface area contributed by atoms with Crippen molar-refractivity contribution in [2.24, 2.45) is 0 Å². The van der Waals surface area contributed by atoms with Gasteiger partial charge in [0.1, 0.15) is 5.60 Å². The molecule has 0 bridgehead atoms. The first-order valence-electron chi connectivity index (χ1n) is 10.5. The number of ether oxygens (including phenoxy) is 1. The Labute approximate surface area is 188 Å². The van der Waals surface area contributed by atoms with E-state index in [0.717, 1.165) is 11.1 Å². The number of hydrogen-bond acceptors (Lipinski definition) is 5. The smallest absolute Gasteiger partial charge is 0.410 e. The summed E-state index contributed by atoms with van der Waals surface area (Å²) in [6.07, 6.45) is 2.62. The summed E-state index contributed by atoms with van der Waals surface area (Å²) in [5.74, 6) is 0.232. The maximum absolute atomic E-state index is 12.8. The molecule has 1 heterocycles. The minimum atomic E-state index is -0.579. The van der Waals surface area contributed by atoms with Crippen molar-refractivity contribution in [1.29, 1.82) is 0 Å². The summed E-state index contributed by atoms with van der Waals surface area (Å²) in [4.78, 5) is 35.5. The van der Waals surface area contributed by atoms with Crippen molar-refractivity contribution in [1.82, 2.24) is 14.9 Å². The van der Waals surface area contributed by atoms with Gasteiger partial charge in [0.05, 0.1) is 12.1 Å². The van der Waals surface area contributed by atoms with E-state index in [1.54, 1.807) is 11.0 Å². The molecule has 0 radical (unpaired) electrons. The van der Waals surface area contributed by atoms with Crippen molar-refractivity contribution in [2.75, 3.05) is 11.9 Å². The molecule has 1 aromatic heterocycles. The molecule has 0 atom stereocenters. The number of aromatic nitrogens is 2. The van der Waals surface area contributed by atoms with E-state index in [4.69, 9.17) is 4.74 Å². The minimum Gasteiger partial charge on any atom is -0.444 e. The van der Waals surface area contributed by atoms with Crippen LogP contribution in [0, 0.1) is 0 Å². The number of para-hydroxylation sites is 1. The monoisotopic (exact) mass is 432 g/mol. The molecule has 3 rings (SSSR count). The van der Waals surface area contributed by atoms with Gasteiger partial charge in [-0.1, -0.05) is 48.5 Å². The van der Waals surface area contributed by atoms with E-state index in [-0.39, 0.29) is 5.91 Å². The molecule has 0 saturated carbocycles. The third kappa shape index (κ3) is 6.14. The van der Waals surface area contributed by atoms with Crippen LogP contribution in [0.5, 0.6) is 0 Å². The molecule has 0 aliphatic rings. The van der Waals surface area contributed by atoms with Gasteiger partial charge in [0.15, 0.2) is 5.82 Å². The molecule has 166 valence electrons. The van der Waals surface area contributed by atoms with Gasteiger partial charge in [-0.25, -0.2) is 14.8 Å². The molecule has 32 heavy (non-hydrogen) atoms. The first-order valence-corrected chi connectivity index (χ1v) is 10.5. The number of carbonyl (C=O) groups is 2. The summed E-state index contributed by atoms with van der Waals surface area (Å²) in [6, 6.07) is 16.9. The highest BCUT2D eigenvalue weighted by molar-refractivity contribution is 6.04. The number of anilines is 1. The Morgan fingerprint density at radius 2 is 1.59 bits per heavy atom. The van der Waals surface area contributed by atoms with Gasteiger partial charge >= 0.3 is 6.09 Å². The fourth-order valence-corrected chi connectivity index (χ4v) is 2.99. The number of nitrogens with zero attached hydrogens (tertiary/aromatic N) is 3. The lowest BCUT2D eigenvalue weighted by atomic mass is 10.1. The van der Waals surface area contributed by atoms with Gasteiger partial charge < -0.3 is 15.0 Å². The van der Waals surface area contributed by atoms with Crippen LogP contribution >= 0.6 is 0 Å². The predicted octanol–water partition coefficient (Wildman–Crippen LogP) is 5.15. The SMILES string of the molecule is CCN(Cc1ccccc1NC(=O)c1cnc(-c2ccccc2)nc1)C(=O)OC(C)(C)C. The molecule has 0 aliphatic heterocycles. The quantitative estimate of drug-likeness (QED) is 0.582. The van der Waals surface area contributed by atoms with Crippen molar-refractivity contribution >= 4 is 17.7 Å². The van der Waals surface area contributed by atoms with E-state index < -0.39 is 11.7 Å². The number of nitrogens with one attached hydrogen (secondary N) is 1. The minimum absolute atomic E-state index is 0.311. The predicted molar refractivity (Wildman–Crippen MR) is 124 cm³/mol. The van der Waals surface area contributed by atoms with E-state index in [9.17, 15) is 9.59 Å².